The smallest absolute Gasteiger partial charge is 0.0883 e. The number of carbonyl (C=O) groups is 2. The molecule has 0 bridgehead atoms. The van der Waals surface area contributed by atoms with E-state index >= 15 is 0 Å². The number of likely N-dealkylation sites (N-methyl/N-ethyl adjacent to an activating group) is 1. The minimum Gasteiger partial charge on any atom is -0.587 e. The number of β-amino-alcohol motifs (C(OH)–C–C–N with tert-alkyl or cyclic N) is 1. The number of rotatable bonds is 5. The van der Waals surface area contributed by atoms with Crippen LogP contribution in [0.3, 0.4) is 0 Å². The van der Waals surface area contributed by atoms with Crippen LogP contribution in [0, 0.1) is 41.3 Å². The molecule has 1 saturated heterocycles. The van der Waals surface area contributed by atoms with Crippen LogP contribution >= 0.6 is 0 Å². The molecule has 2 atom stereocenters. The van der Waals surface area contributed by atoms with Gasteiger partial charge in [0.2, 0.25) is 0 Å². The Bertz CT molecular complexity index is 874. The van der Waals surface area contributed by atoms with Crippen molar-refractivity contribution in [2.24, 2.45) is 0 Å². The van der Waals surface area contributed by atoms with E-state index in [0.29, 0.717) is 17.7 Å². The molecule has 2 aliphatic rings. The number of likely N-dealkylation sites (tertiary alicyclic amines) is 1. The summed E-state index contributed by atoms with van der Waals surface area (Å²) in [7, 11) is 1.99. The van der Waals surface area contributed by atoms with E-state index in [1.165, 1.54) is 0 Å². The molecule has 28 heavy (non-hydrogen) atoms. The van der Waals surface area contributed by atoms with Gasteiger partial charge >= 0.3 is 0 Å². The first kappa shape index (κ1) is 21.4. The van der Waals surface area contributed by atoms with Gasteiger partial charge in [-0.05, 0) is 24.1 Å². The summed E-state index contributed by atoms with van der Waals surface area (Å²) in [6, 6.07) is 15.5. The second-order valence-electron chi connectivity index (χ2n) is 7.19. The fourth-order valence-electron chi connectivity index (χ4n) is 3.86. The van der Waals surface area contributed by atoms with Gasteiger partial charge in [-0.25, -0.2) is 0 Å². The third kappa shape index (κ3) is 4.30. The Kier molecular flexibility index (Phi) is 6.87. The maximum atomic E-state index is 12.0. The average molecular weight is 505 g/mol. The summed E-state index contributed by atoms with van der Waals surface area (Å²) >= 11 is 0. The molecule has 143 valence electrons. The topological polar surface area (TPSA) is 75.0 Å². The van der Waals surface area contributed by atoms with E-state index in [1.807, 2.05) is 31.3 Å². The van der Waals surface area contributed by atoms with Crippen molar-refractivity contribution in [2.45, 2.75) is 18.6 Å². The second-order valence-corrected chi connectivity index (χ2v) is 7.19. The van der Waals surface area contributed by atoms with Crippen LogP contribution in [0.25, 0.3) is 5.32 Å². The van der Waals surface area contributed by atoms with Crippen molar-refractivity contribution in [1.29, 1.82) is 0 Å². The van der Waals surface area contributed by atoms with E-state index in [2.05, 4.69) is 27.2 Å². The van der Waals surface area contributed by atoms with E-state index in [1.54, 1.807) is 12.1 Å². The van der Waals surface area contributed by atoms with E-state index in [9.17, 15) is 14.7 Å². The molecule has 6 nitrogen and oxygen atoms in total. The molecule has 2 heterocycles. The summed E-state index contributed by atoms with van der Waals surface area (Å²) in [6.07, 6.45) is 0.527. The largest absolute Gasteiger partial charge is 0.587 e. The minimum absolute atomic E-state index is 0. The molecule has 2 aromatic rings. The summed E-state index contributed by atoms with van der Waals surface area (Å²) in [5.74, 6) is -0.931. The summed E-state index contributed by atoms with van der Waals surface area (Å²) < 4.78 is 0. The van der Waals surface area contributed by atoms with Crippen molar-refractivity contribution < 1.29 is 56.0 Å². The zero-order valence-corrected chi connectivity index (χ0v) is 19.5. The molecule has 1 fully saturated rings. The summed E-state index contributed by atoms with van der Waals surface area (Å²) in [5.41, 5.74) is 2.76. The van der Waals surface area contributed by atoms with Gasteiger partial charge in [-0.15, -0.1) is 0 Å². The van der Waals surface area contributed by atoms with E-state index < -0.39 is 11.8 Å². The Hall–Kier alpha value is -1.34. The number of benzene rings is 2. The monoisotopic (exact) mass is 505 g/mol. The van der Waals surface area contributed by atoms with Gasteiger partial charge in [0.1, 0.15) is 0 Å². The second kappa shape index (κ2) is 8.99. The molecule has 0 spiro atoms. The Morgan fingerprint density at radius 2 is 1.86 bits per heavy atom. The number of hydrogen-bond donors (Lipinski definition) is 1. The van der Waals surface area contributed by atoms with Crippen molar-refractivity contribution >= 4 is 17.5 Å². The van der Waals surface area contributed by atoms with E-state index in [-0.39, 0.29) is 53.4 Å². The zero-order valence-electron chi connectivity index (χ0n) is 15.8. The van der Waals surface area contributed by atoms with Gasteiger partial charge in [0.25, 0.3) is 0 Å². The van der Waals surface area contributed by atoms with Crippen LogP contribution in [0.15, 0.2) is 48.5 Å². The fraction of sp³-hybridized carbons (Fsp3) is 0.333. The molecule has 0 aromatic heterocycles. The molecule has 4 rings (SSSR count). The number of amides is 2. The standard InChI is InChI=1S/C21H23N3O3.Pr/c1-23(15-7-8-17-18(11-15)21(27)22-20(17)26)19(14-5-3-2-4-6-14)13-24-10-9-16(25)12-24;/h2-8,11,16,19,25H,9-10,12-13H2,1H3,(H,22,26,27);/p-1/t16-,19+;/m0./s1. The molecule has 7 heteroatoms. The van der Waals surface area contributed by atoms with Gasteiger partial charge in [-0.2, -0.15) is 0 Å². The Morgan fingerprint density at radius 3 is 2.54 bits per heavy atom. The van der Waals surface area contributed by atoms with Crippen LogP contribution < -0.4 is 4.90 Å². The Labute approximate surface area is 197 Å². The average Bonchev–Trinajstić information content (AvgIpc) is 3.22. The first-order valence-corrected chi connectivity index (χ1v) is 9.15. The van der Waals surface area contributed by atoms with E-state index in [4.69, 9.17) is 0 Å². The molecule has 2 aliphatic heterocycles. The van der Waals surface area contributed by atoms with Gasteiger partial charge in [-0.3, -0.25) is 4.90 Å². The SMILES string of the molecule is CN(c1ccc2c(c1)C(=O)[N-]C2=O)[C@H](CN1CC[C@H](O)C1)c1ccccc1.[Pr]. The van der Waals surface area contributed by atoms with Crippen molar-refractivity contribution in [1.82, 2.24) is 4.90 Å². The maximum Gasteiger partial charge on any atom is 0.0883 e. The number of nitrogens with zero attached hydrogens (tertiary/aromatic N) is 3. The predicted molar refractivity (Wildman–Crippen MR) is 103 cm³/mol. The normalized spacial score (nSPS) is 19.7. The molecule has 1 radical (unpaired) electrons. The number of anilines is 1. The Morgan fingerprint density at radius 1 is 1.14 bits per heavy atom. The number of carbonyl (C=O) groups excluding carboxylic acids is 2. The van der Waals surface area contributed by atoms with Gasteiger partial charge in [-0.1, -0.05) is 36.4 Å². The molecule has 0 aliphatic carbocycles. The van der Waals surface area contributed by atoms with Crippen molar-refractivity contribution in [3.8, 4) is 0 Å². The molecule has 1 N–H and O–H groups in total. The maximum absolute atomic E-state index is 12.0. The van der Waals surface area contributed by atoms with Crippen LogP contribution in [0.4, 0.5) is 5.69 Å². The van der Waals surface area contributed by atoms with Gasteiger partial charge in [0.05, 0.1) is 24.0 Å². The van der Waals surface area contributed by atoms with Crippen LogP contribution in [0.1, 0.15) is 38.7 Å². The minimum atomic E-state index is -0.468. The predicted octanol–water partition coefficient (Wildman–Crippen LogP) is 2.60. The number of imide groups is 1. The van der Waals surface area contributed by atoms with Gasteiger partial charge in [0, 0.05) is 84.8 Å². The van der Waals surface area contributed by atoms with Crippen molar-refractivity contribution in [2.75, 3.05) is 31.6 Å². The van der Waals surface area contributed by atoms with Gasteiger partial charge < -0.3 is 24.9 Å². The summed E-state index contributed by atoms with van der Waals surface area (Å²) in [6.45, 7) is 2.31. The van der Waals surface area contributed by atoms with Crippen molar-refractivity contribution in [3.63, 3.8) is 0 Å². The number of fused-ring (bicyclic) bond motifs is 1. The van der Waals surface area contributed by atoms with Crippen LogP contribution in [0.5, 0.6) is 0 Å². The van der Waals surface area contributed by atoms with Crippen molar-refractivity contribution in [3.05, 3.63) is 70.5 Å². The number of hydrogen-bond acceptors (Lipinski definition) is 5. The summed E-state index contributed by atoms with van der Waals surface area (Å²) in [4.78, 5) is 28.1. The van der Waals surface area contributed by atoms with E-state index in [0.717, 1.165) is 30.8 Å². The molecule has 2 aromatic carbocycles. The third-order valence-corrected chi connectivity index (χ3v) is 5.40. The Balaban J connectivity index is 0.00000225. The molecule has 0 saturated carbocycles. The van der Waals surface area contributed by atoms with Crippen LogP contribution in [-0.2, 0) is 0 Å². The number of aliphatic hydroxyl groups is 1. The fourth-order valence-corrected chi connectivity index (χ4v) is 3.86. The first-order chi connectivity index (χ1) is 13.0. The molecule has 2 amide bonds. The quantitative estimate of drug-likeness (QED) is 0.633. The molecule has 0 unspecified atom stereocenters. The third-order valence-electron chi connectivity index (χ3n) is 5.40. The van der Waals surface area contributed by atoms with Gasteiger partial charge in [0.15, 0.2) is 0 Å². The summed E-state index contributed by atoms with van der Waals surface area (Å²) in [5, 5.41) is 13.4. The van der Waals surface area contributed by atoms with Crippen LogP contribution in [0.2, 0.25) is 0 Å². The van der Waals surface area contributed by atoms with Crippen LogP contribution in [-0.4, -0.2) is 54.6 Å². The molecular formula is C21H22N3O3Pr-. The number of aliphatic hydroxyl groups excluding tert-OH is 1. The zero-order chi connectivity index (χ0) is 19.0. The molecular weight excluding hydrogens is 483 g/mol. The first-order valence-electron chi connectivity index (χ1n) is 9.15.